The zero-order valence-electron chi connectivity index (χ0n) is 13.4. The van der Waals surface area contributed by atoms with E-state index in [0.29, 0.717) is 6.54 Å². The maximum absolute atomic E-state index is 4.66. The predicted octanol–water partition coefficient (Wildman–Crippen LogP) is 3.05. The Kier molecular flexibility index (Phi) is 4.06. The smallest absolute Gasteiger partial charge is 0.227 e. The van der Waals surface area contributed by atoms with Crippen LogP contribution >= 0.6 is 0 Å². The first-order chi connectivity index (χ1) is 11.9. The summed E-state index contributed by atoms with van der Waals surface area (Å²) in [5.74, 6) is 1.60. The van der Waals surface area contributed by atoms with E-state index in [1.807, 2.05) is 30.5 Å². The highest BCUT2D eigenvalue weighted by Gasteiger charge is 2.18. The van der Waals surface area contributed by atoms with Gasteiger partial charge in [-0.25, -0.2) is 4.98 Å². The third-order valence-corrected chi connectivity index (χ3v) is 4.23. The van der Waals surface area contributed by atoms with Crippen LogP contribution in [0.5, 0.6) is 0 Å². The molecule has 0 saturated carbocycles. The third-order valence-electron chi connectivity index (χ3n) is 4.23. The molecule has 1 aromatic carbocycles. The number of rotatable bonds is 4. The fourth-order valence-corrected chi connectivity index (χ4v) is 2.95. The van der Waals surface area contributed by atoms with Crippen LogP contribution in [0.15, 0.2) is 60.9 Å². The van der Waals surface area contributed by atoms with Gasteiger partial charge in [-0.3, -0.25) is 4.98 Å². The minimum atomic E-state index is 0.653. The molecule has 0 unspecified atom stereocenters. The molecule has 0 atom stereocenters. The number of nitrogens with zero attached hydrogens (tertiary/aromatic N) is 4. The van der Waals surface area contributed by atoms with Crippen molar-refractivity contribution in [1.29, 1.82) is 0 Å². The predicted molar refractivity (Wildman–Crippen MR) is 94.8 cm³/mol. The average molecular weight is 317 g/mol. The molecule has 2 aromatic heterocycles. The first-order valence-electron chi connectivity index (χ1n) is 8.17. The summed E-state index contributed by atoms with van der Waals surface area (Å²) < 4.78 is 0. The van der Waals surface area contributed by atoms with Crippen LogP contribution in [0.3, 0.4) is 0 Å². The zero-order chi connectivity index (χ0) is 16.2. The molecule has 3 heterocycles. The summed E-state index contributed by atoms with van der Waals surface area (Å²) in [6.45, 7) is 2.46. The van der Waals surface area contributed by atoms with Gasteiger partial charge in [-0.05, 0) is 35.7 Å². The zero-order valence-corrected chi connectivity index (χ0v) is 13.4. The molecule has 0 spiro atoms. The van der Waals surface area contributed by atoms with Gasteiger partial charge in [0.2, 0.25) is 5.95 Å². The summed E-state index contributed by atoms with van der Waals surface area (Å²) in [5, 5.41) is 3.32. The first-order valence-corrected chi connectivity index (χ1v) is 8.17. The molecule has 0 fully saturated rings. The van der Waals surface area contributed by atoms with Crippen LogP contribution < -0.4 is 10.2 Å². The van der Waals surface area contributed by atoms with E-state index in [4.69, 9.17) is 0 Å². The van der Waals surface area contributed by atoms with Gasteiger partial charge in [-0.2, -0.15) is 4.98 Å². The van der Waals surface area contributed by atoms with E-state index >= 15 is 0 Å². The highest BCUT2D eigenvalue weighted by molar-refractivity contribution is 5.44. The van der Waals surface area contributed by atoms with Gasteiger partial charge in [0, 0.05) is 25.5 Å². The molecule has 5 nitrogen and oxygen atoms in total. The van der Waals surface area contributed by atoms with Crippen LogP contribution in [0.4, 0.5) is 11.8 Å². The molecule has 120 valence electrons. The summed E-state index contributed by atoms with van der Waals surface area (Å²) >= 11 is 0. The number of benzene rings is 1. The van der Waals surface area contributed by atoms with Crippen molar-refractivity contribution in [2.24, 2.45) is 0 Å². The van der Waals surface area contributed by atoms with Crippen molar-refractivity contribution in [3.8, 4) is 0 Å². The van der Waals surface area contributed by atoms with Gasteiger partial charge in [0.15, 0.2) is 0 Å². The van der Waals surface area contributed by atoms with E-state index in [-0.39, 0.29) is 0 Å². The molecule has 0 saturated heterocycles. The van der Waals surface area contributed by atoms with E-state index in [0.717, 1.165) is 37.0 Å². The Morgan fingerprint density at radius 3 is 2.67 bits per heavy atom. The fraction of sp³-hybridized carbons (Fsp3) is 0.211. The van der Waals surface area contributed by atoms with Crippen molar-refractivity contribution in [3.05, 3.63) is 77.7 Å². The molecule has 1 aliphatic heterocycles. The lowest BCUT2D eigenvalue weighted by Crippen LogP contribution is -2.31. The molecule has 0 radical (unpaired) electrons. The van der Waals surface area contributed by atoms with Gasteiger partial charge < -0.3 is 10.2 Å². The Morgan fingerprint density at radius 1 is 0.917 bits per heavy atom. The summed E-state index contributed by atoms with van der Waals surface area (Å²) in [6, 6.07) is 16.4. The molecule has 0 amide bonds. The minimum absolute atomic E-state index is 0.653. The highest BCUT2D eigenvalue weighted by atomic mass is 15.3. The van der Waals surface area contributed by atoms with Crippen molar-refractivity contribution in [2.45, 2.75) is 19.5 Å². The Bertz CT molecular complexity index is 819. The number of hydrogen-bond acceptors (Lipinski definition) is 5. The molecular weight excluding hydrogens is 298 g/mol. The number of nitrogens with one attached hydrogen (secondary N) is 1. The molecule has 3 aromatic rings. The number of hydrogen-bond donors (Lipinski definition) is 1. The van der Waals surface area contributed by atoms with E-state index in [1.54, 1.807) is 6.20 Å². The summed E-state index contributed by atoms with van der Waals surface area (Å²) in [5.41, 5.74) is 3.78. The molecule has 1 N–H and O–H groups in total. The lowest BCUT2D eigenvalue weighted by molar-refractivity contribution is 0.708. The summed E-state index contributed by atoms with van der Waals surface area (Å²) in [7, 11) is 0. The van der Waals surface area contributed by atoms with Crippen LogP contribution in [0.1, 0.15) is 16.8 Å². The Balaban J connectivity index is 1.47. The van der Waals surface area contributed by atoms with Crippen molar-refractivity contribution >= 4 is 11.8 Å². The van der Waals surface area contributed by atoms with E-state index < -0.39 is 0 Å². The van der Waals surface area contributed by atoms with E-state index in [1.165, 1.54) is 11.1 Å². The van der Waals surface area contributed by atoms with E-state index in [2.05, 4.69) is 49.4 Å². The Morgan fingerprint density at radius 2 is 1.79 bits per heavy atom. The third kappa shape index (κ3) is 3.20. The Labute approximate surface area is 141 Å². The van der Waals surface area contributed by atoms with Gasteiger partial charge >= 0.3 is 0 Å². The number of pyridine rings is 1. The topological polar surface area (TPSA) is 53.9 Å². The molecular formula is C19H19N5. The highest BCUT2D eigenvalue weighted by Crippen LogP contribution is 2.22. The molecule has 0 bridgehead atoms. The van der Waals surface area contributed by atoms with Crippen LogP contribution in [-0.4, -0.2) is 21.5 Å². The van der Waals surface area contributed by atoms with Gasteiger partial charge in [-0.1, -0.05) is 30.3 Å². The Hall–Kier alpha value is -2.95. The molecule has 1 aliphatic rings. The van der Waals surface area contributed by atoms with Crippen LogP contribution in [0, 0.1) is 0 Å². The van der Waals surface area contributed by atoms with Crippen molar-refractivity contribution in [1.82, 2.24) is 15.0 Å². The van der Waals surface area contributed by atoms with Gasteiger partial charge in [-0.15, -0.1) is 0 Å². The normalized spacial score (nSPS) is 13.4. The number of anilines is 2. The molecule has 0 aliphatic carbocycles. The lowest BCUT2D eigenvalue weighted by Gasteiger charge is -2.28. The minimum Gasteiger partial charge on any atom is -0.364 e. The van der Waals surface area contributed by atoms with Gasteiger partial charge in [0.1, 0.15) is 5.82 Å². The van der Waals surface area contributed by atoms with Gasteiger partial charge in [0.25, 0.3) is 0 Å². The number of aromatic nitrogens is 3. The molecule has 5 heteroatoms. The summed E-state index contributed by atoms with van der Waals surface area (Å²) in [6.07, 6.45) is 4.64. The lowest BCUT2D eigenvalue weighted by atomic mass is 10.0. The van der Waals surface area contributed by atoms with Crippen LogP contribution in [-0.2, 0) is 19.5 Å². The fourth-order valence-electron chi connectivity index (χ4n) is 2.95. The van der Waals surface area contributed by atoms with Crippen molar-refractivity contribution < 1.29 is 0 Å². The number of fused-ring (bicyclic) bond motifs is 1. The second-order valence-electron chi connectivity index (χ2n) is 5.86. The largest absolute Gasteiger partial charge is 0.364 e. The SMILES string of the molecule is c1ccc(CNc2ccnc(N3CCc4ccccc4C3)n2)nc1. The second kappa shape index (κ2) is 6.66. The maximum atomic E-state index is 4.66. The quantitative estimate of drug-likeness (QED) is 0.801. The monoisotopic (exact) mass is 317 g/mol. The first kappa shape index (κ1) is 14.6. The van der Waals surface area contributed by atoms with Gasteiger partial charge in [0.05, 0.1) is 12.2 Å². The second-order valence-corrected chi connectivity index (χ2v) is 5.86. The van der Waals surface area contributed by atoms with E-state index in [9.17, 15) is 0 Å². The average Bonchev–Trinajstić information content (AvgIpc) is 2.67. The maximum Gasteiger partial charge on any atom is 0.227 e. The van der Waals surface area contributed by atoms with Crippen molar-refractivity contribution in [2.75, 3.05) is 16.8 Å². The van der Waals surface area contributed by atoms with Crippen LogP contribution in [0.25, 0.3) is 0 Å². The van der Waals surface area contributed by atoms with Crippen molar-refractivity contribution in [3.63, 3.8) is 0 Å². The summed E-state index contributed by atoms with van der Waals surface area (Å²) in [4.78, 5) is 15.7. The molecule has 24 heavy (non-hydrogen) atoms. The standard InChI is InChI=1S/C19H19N5/c1-2-6-16-14-24(12-9-15(16)5-1)19-21-11-8-18(23-19)22-13-17-7-3-4-10-20-17/h1-8,10-11H,9,12-14H2,(H,21,22,23). The molecule has 4 rings (SSSR count). The van der Waals surface area contributed by atoms with Crippen LogP contribution in [0.2, 0.25) is 0 Å².